The molecule has 0 aliphatic carbocycles. The lowest BCUT2D eigenvalue weighted by molar-refractivity contribution is 0.993. The second-order valence-corrected chi connectivity index (χ2v) is 4.84. The van der Waals surface area contributed by atoms with Gasteiger partial charge in [0.15, 0.2) is 0 Å². The molecule has 0 amide bonds. The Balaban J connectivity index is 1.93. The van der Waals surface area contributed by atoms with Gasteiger partial charge in [0, 0.05) is 5.69 Å². The number of hydrogen-bond donors (Lipinski definition) is 0. The van der Waals surface area contributed by atoms with Crippen LogP contribution in [-0.4, -0.2) is 6.34 Å². The van der Waals surface area contributed by atoms with Gasteiger partial charge in [-0.05, 0) is 37.6 Å². The molecule has 0 radical (unpaired) electrons. The van der Waals surface area contributed by atoms with Gasteiger partial charge in [-0.25, -0.2) is 4.99 Å². The van der Waals surface area contributed by atoms with Crippen molar-refractivity contribution < 1.29 is 0 Å². The van der Waals surface area contributed by atoms with E-state index in [9.17, 15) is 0 Å². The van der Waals surface area contributed by atoms with Crippen LogP contribution in [-0.2, 0) is 6.54 Å². The average molecular weight is 236 g/mol. The van der Waals surface area contributed by atoms with Gasteiger partial charge in [0.25, 0.3) is 0 Å². The molecule has 1 aliphatic heterocycles. The lowest BCUT2D eigenvalue weighted by Crippen LogP contribution is -2.23. The van der Waals surface area contributed by atoms with Gasteiger partial charge in [0.1, 0.15) is 0 Å². The van der Waals surface area contributed by atoms with Crippen LogP contribution in [0, 0.1) is 13.8 Å². The van der Waals surface area contributed by atoms with Crippen LogP contribution in [0.5, 0.6) is 0 Å². The number of fused-ring (bicyclic) bond motifs is 1. The molecule has 0 bridgehead atoms. The Morgan fingerprint density at radius 3 is 2.44 bits per heavy atom. The van der Waals surface area contributed by atoms with Crippen LogP contribution in [0.25, 0.3) is 0 Å². The van der Waals surface area contributed by atoms with Crippen LogP contribution in [0.3, 0.4) is 0 Å². The molecule has 2 aromatic rings. The zero-order valence-electron chi connectivity index (χ0n) is 10.7. The van der Waals surface area contributed by atoms with Crippen molar-refractivity contribution in [3.05, 3.63) is 59.2 Å². The summed E-state index contributed by atoms with van der Waals surface area (Å²) in [5.41, 5.74) is 6.14. The van der Waals surface area contributed by atoms with Crippen LogP contribution in [0.1, 0.15) is 16.7 Å². The van der Waals surface area contributed by atoms with Gasteiger partial charge in [-0.15, -0.1) is 0 Å². The molecule has 18 heavy (non-hydrogen) atoms. The number of benzene rings is 2. The third kappa shape index (κ3) is 2.02. The zero-order valence-corrected chi connectivity index (χ0v) is 10.7. The Morgan fingerprint density at radius 2 is 1.67 bits per heavy atom. The van der Waals surface area contributed by atoms with Crippen LogP contribution in [0.4, 0.5) is 11.4 Å². The van der Waals surface area contributed by atoms with E-state index in [0.29, 0.717) is 0 Å². The fourth-order valence-corrected chi connectivity index (χ4v) is 2.22. The smallest absolute Gasteiger partial charge is 0.0960 e. The number of aliphatic imine (C=N–C) groups is 1. The molecule has 3 rings (SSSR count). The standard InChI is InChI=1S/C16H16N2/c1-12-3-6-15(7-4-12)18-10-14-9-13(2)5-8-16(14)17-11-18/h3-9,11H,10H2,1-2H3. The maximum Gasteiger partial charge on any atom is 0.0960 e. The van der Waals surface area contributed by atoms with Crippen molar-refractivity contribution in [3.63, 3.8) is 0 Å². The Hall–Kier alpha value is -2.09. The number of anilines is 1. The summed E-state index contributed by atoms with van der Waals surface area (Å²) < 4.78 is 0. The lowest BCUT2D eigenvalue weighted by Gasteiger charge is -2.24. The highest BCUT2D eigenvalue weighted by atomic mass is 15.2. The highest BCUT2D eigenvalue weighted by molar-refractivity contribution is 5.84. The molecule has 0 saturated carbocycles. The molecule has 2 nitrogen and oxygen atoms in total. The third-order valence-corrected chi connectivity index (χ3v) is 3.28. The van der Waals surface area contributed by atoms with Gasteiger partial charge < -0.3 is 4.90 Å². The molecule has 0 saturated heterocycles. The largest absolute Gasteiger partial charge is 0.328 e. The van der Waals surface area contributed by atoms with E-state index in [1.54, 1.807) is 0 Å². The molecule has 90 valence electrons. The summed E-state index contributed by atoms with van der Waals surface area (Å²) in [5, 5.41) is 0. The summed E-state index contributed by atoms with van der Waals surface area (Å²) in [6.45, 7) is 5.12. The summed E-state index contributed by atoms with van der Waals surface area (Å²) in [7, 11) is 0. The summed E-state index contributed by atoms with van der Waals surface area (Å²) in [6, 6.07) is 15.0. The SMILES string of the molecule is Cc1ccc(N2C=Nc3ccc(C)cc3C2)cc1. The van der Waals surface area contributed by atoms with Crippen molar-refractivity contribution >= 4 is 17.7 Å². The quantitative estimate of drug-likeness (QED) is 0.731. The maximum absolute atomic E-state index is 4.52. The second kappa shape index (κ2) is 4.30. The molecule has 1 heterocycles. The number of rotatable bonds is 1. The Labute approximate surface area is 108 Å². The highest BCUT2D eigenvalue weighted by Gasteiger charge is 2.12. The highest BCUT2D eigenvalue weighted by Crippen LogP contribution is 2.27. The van der Waals surface area contributed by atoms with E-state index in [-0.39, 0.29) is 0 Å². The maximum atomic E-state index is 4.52. The molecule has 1 aliphatic rings. The molecule has 0 unspecified atom stereocenters. The van der Waals surface area contributed by atoms with Crippen LogP contribution >= 0.6 is 0 Å². The summed E-state index contributed by atoms with van der Waals surface area (Å²) in [6.07, 6.45) is 1.92. The summed E-state index contributed by atoms with van der Waals surface area (Å²) in [5.74, 6) is 0. The topological polar surface area (TPSA) is 15.6 Å². The first-order valence-electron chi connectivity index (χ1n) is 6.19. The Kier molecular flexibility index (Phi) is 2.63. The monoisotopic (exact) mass is 236 g/mol. The van der Waals surface area contributed by atoms with E-state index in [1.807, 2.05) is 6.34 Å². The molecular weight excluding hydrogens is 220 g/mol. The molecule has 2 aromatic carbocycles. The van der Waals surface area contributed by atoms with Crippen LogP contribution < -0.4 is 4.90 Å². The fraction of sp³-hybridized carbons (Fsp3) is 0.188. The molecule has 0 aromatic heterocycles. The molecule has 0 fully saturated rings. The number of aryl methyl sites for hydroxylation is 2. The Morgan fingerprint density at radius 1 is 0.944 bits per heavy atom. The molecule has 2 heteroatoms. The van der Waals surface area contributed by atoms with E-state index in [1.165, 1.54) is 22.4 Å². The number of hydrogen-bond acceptors (Lipinski definition) is 2. The Bertz CT molecular complexity index is 597. The van der Waals surface area contributed by atoms with Gasteiger partial charge in [0.05, 0.1) is 18.6 Å². The molecule has 0 spiro atoms. The average Bonchev–Trinajstić information content (AvgIpc) is 2.38. The third-order valence-electron chi connectivity index (χ3n) is 3.28. The lowest BCUT2D eigenvalue weighted by atomic mass is 10.1. The normalized spacial score (nSPS) is 13.6. The zero-order chi connectivity index (χ0) is 12.5. The minimum absolute atomic E-state index is 0.892. The van der Waals surface area contributed by atoms with Crippen LogP contribution in [0.2, 0.25) is 0 Å². The van der Waals surface area contributed by atoms with Crippen molar-refractivity contribution in [2.45, 2.75) is 20.4 Å². The minimum Gasteiger partial charge on any atom is -0.328 e. The predicted molar refractivity (Wildman–Crippen MR) is 76.7 cm³/mol. The van der Waals surface area contributed by atoms with Gasteiger partial charge in [-0.3, -0.25) is 0 Å². The number of nitrogens with zero attached hydrogens (tertiary/aromatic N) is 2. The van der Waals surface area contributed by atoms with Crippen molar-refractivity contribution in [1.29, 1.82) is 0 Å². The molecule has 0 atom stereocenters. The first-order chi connectivity index (χ1) is 8.72. The van der Waals surface area contributed by atoms with E-state index in [4.69, 9.17) is 0 Å². The van der Waals surface area contributed by atoms with Crippen molar-refractivity contribution in [3.8, 4) is 0 Å². The van der Waals surface area contributed by atoms with Crippen molar-refractivity contribution in [1.82, 2.24) is 0 Å². The summed E-state index contributed by atoms with van der Waals surface area (Å²) >= 11 is 0. The minimum atomic E-state index is 0.892. The van der Waals surface area contributed by atoms with Gasteiger partial charge in [-0.2, -0.15) is 0 Å². The van der Waals surface area contributed by atoms with E-state index in [2.05, 4.69) is 66.2 Å². The second-order valence-electron chi connectivity index (χ2n) is 4.84. The van der Waals surface area contributed by atoms with Crippen molar-refractivity contribution in [2.75, 3.05) is 4.90 Å². The molecular formula is C16H16N2. The van der Waals surface area contributed by atoms with Gasteiger partial charge >= 0.3 is 0 Å². The van der Waals surface area contributed by atoms with Crippen molar-refractivity contribution in [2.24, 2.45) is 4.99 Å². The predicted octanol–water partition coefficient (Wildman–Crippen LogP) is 3.98. The van der Waals surface area contributed by atoms with E-state index >= 15 is 0 Å². The first-order valence-corrected chi connectivity index (χ1v) is 6.19. The first kappa shape index (κ1) is 11.0. The van der Waals surface area contributed by atoms with Gasteiger partial charge in [0.2, 0.25) is 0 Å². The van der Waals surface area contributed by atoms with Crippen LogP contribution in [0.15, 0.2) is 47.5 Å². The molecule has 0 N–H and O–H groups in total. The van der Waals surface area contributed by atoms with Gasteiger partial charge in [-0.1, -0.05) is 35.4 Å². The fourth-order valence-electron chi connectivity index (χ4n) is 2.22. The summed E-state index contributed by atoms with van der Waals surface area (Å²) in [4.78, 5) is 6.70. The van der Waals surface area contributed by atoms with E-state index < -0.39 is 0 Å². The van der Waals surface area contributed by atoms with E-state index in [0.717, 1.165) is 12.2 Å².